The van der Waals surface area contributed by atoms with Crippen LogP contribution in [0, 0.1) is 5.92 Å². The highest BCUT2D eigenvalue weighted by Crippen LogP contribution is 2.14. The molecule has 1 heterocycles. The summed E-state index contributed by atoms with van der Waals surface area (Å²) in [7, 11) is 0. The molecule has 42 heavy (non-hydrogen) atoms. The van der Waals surface area contributed by atoms with Crippen LogP contribution in [0.5, 0.6) is 0 Å². The Morgan fingerprint density at radius 1 is 1.00 bits per heavy atom. The van der Waals surface area contributed by atoms with Crippen LogP contribution < -0.4 is 32.8 Å². The smallest absolute Gasteiger partial charge is 0.435 e. The van der Waals surface area contributed by atoms with Crippen molar-refractivity contribution in [2.75, 3.05) is 11.9 Å². The van der Waals surface area contributed by atoms with Gasteiger partial charge in [0.25, 0.3) is 0 Å². The number of rotatable bonds is 12. The molecular formula is C28H37N9O5. The molecule has 2 atom stereocenters. The van der Waals surface area contributed by atoms with Crippen molar-refractivity contribution < 1.29 is 23.9 Å². The fourth-order valence-electron chi connectivity index (χ4n) is 3.75. The van der Waals surface area contributed by atoms with E-state index in [1.54, 1.807) is 31.2 Å². The van der Waals surface area contributed by atoms with Crippen LogP contribution in [0.15, 0.2) is 64.8 Å². The first-order valence-electron chi connectivity index (χ1n) is 13.5. The van der Waals surface area contributed by atoms with Crippen molar-refractivity contribution in [3.05, 3.63) is 65.7 Å². The number of carbonyl (C=O) groups is 4. The summed E-state index contributed by atoms with van der Waals surface area (Å²) >= 11 is 0. The van der Waals surface area contributed by atoms with E-state index in [-0.39, 0.29) is 25.5 Å². The number of benzene rings is 2. The van der Waals surface area contributed by atoms with Crippen molar-refractivity contribution in [1.82, 2.24) is 21.1 Å². The third-order valence-electron chi connectivity index (χ3n) is 6.27. The van der Waals surface area contributed by atoms with Crippen LogP contribution >= 0.6 is 0 Å². The fraction of sp³-hybridized carbons (Fsp3) is 0.357. The molecule has 0 spiro atoms. The molecule has 14 nitrogen and oxygen atoms in total. The molecule has 0 saturated carbocycles. The van der Waals surface area contributed by atoms with E-state index >= 15 is 0 Å². The second-order valence-corrected chi connectivity index (χ2v) is 9.91. The Labute approximate surface area is 243 Å². The predicted octanol–water partition coefficient (Wildman–Crippen LogP) is 1.78. The van der Waals surface area contributed by atoms with E-state index in [4.69, 9.17) is 16.2 Å². The molecule has 0 aromatic heterocycles. The van der Waals surface area contributed by atoms with Gasteiger partial charge in [0.05, 0.1) is 6.04 Å². The van der Waals surface area contributed by atoms with Crippen molar-refractivity contribution in [1.29, 1.82) is 0 Å². The number of amides is 5. The van der Waals surface area contributed by atoms with E-state index in [9.17, 15) is 19.2 Å². The zero-order valence-electron chi connectivity index (χ0n) is 23.8. The number of amidine groups is 2. The van der Waals surface area contributed by atoms with Crippen LogP contribution in [0.3, 0.4) is 0 Å². The summed E-state index contributed by atoms with van der Waals surface area (Å²) in [5.41, 5.74) is 15.8. The standard InChI is InChI=1S/C28H37N9O5/c1-17(2)23(29)26(39)33-22(10-7-15-31-27(30)40)25(38)32-21-13-11-19(12-14-21)16-42-28(41)37-18(3)34-35-24(36-37)20-8-5-4-6-9-20/h4-6,8-9,11-14,17,22-23H,7,10,15-16,29H2,1-3H3,(H,32,38)(H,33,39)(H,35,36)(H3,30,31,40). The van der Waals surface area contributed by atoms with Gasteiger partial charge in [-0.15, -0.1) is 10.2 Å². The molecule has 8 N–H and O–H groups in total. The molecular weight excluding hydrogens is 542 g/mol. The van der Waals surface area contributed by atoms with E-state index in [0.29, 0.717) is 29.3 Å². The molecule has 0 aliphatic carbocycles. The van der Waals surface area contributed by atoms with Crippen LogP contribution in [0.1, 0.15) is 44.7 Å². The highest BCUT2D eigenvalue weighted by atomic mass is 16.6. The number of hydrogen-bond donors (Lipinski definition) is 6. The third kappa shape index (κ3) is 9.30. The Balaban J connectivity index is 1.55. The van der Waals surface area contributed by atoms with Crippen molar-refractivity contribution in [2.24, 2.45) is 27.6 Å². The number of ether oxygens (including phenoxy) is 1. The lowest BCUT2D eigenvalue weighted by atomic mass is 10.0. The summed E-state index contributed by atoms with van der Waals surface area (Å²) in [5, 5.41) is 17.2. The molecule has 5 amide bonds. The van der Waals surface area contributed by atoms with Gasteiger partial charge in [-0.1, -0.05) is 56.3 Å². The second-order valence-electron chi connectivity index (χ2n) is 9.91. The second kappa shape index (κ2) is 15.1. The molecule has 2 aromatic rings. The van der Waals surface area contributed by atoms with Gasteiger partial charge < -0.3 is 32.2 Å². The Hall–Kier alpha value is -4.98. The molecule has 0 fully saturated rings. The summed E-state index contributed by atoms with van der Waals surface area (Å²) in [6.45, 7) is 5.45. The highest BCUT2D eigenvalue weighted by molar-refractivity contribution is 6.05. The van der Waals surface area contributed by atoms with Crippen LogP contribution in [-0.2, 0) is 20.9 Å². The zero-order chi connectivity index (χ0) is 30.6. The van der Waals surface area contributed by atoms with Gasteiger partial charge in [-0.05, 0) is 43.4 Å². The molecule has 14 heteroatoms. The molecule has 1 aliphatic rings. The first kappa shape index (κ1) is 31.5. The minimum atomic E-state index is -0.885. The lowest BCUT2D eigenvalue weighted by molar-refractivity contribution is -0.128. The Morgan fingerprint density at radius 3 is 2.33 bits per heavy atom. The molecule has 0 saturated heterocycles. The largest absolute Gasteiger partial charge is 0.443 e. The van der Waals surface area contributed by atoms with Crippen LogP contribution in [0.2, 0.25) is 0 Å². The number of carbonyl (C=O) groups excluding carboxylic acids is 4. The van der Waals surface area contributed by atoms with E-state index in [1.165, 1.54) is 5.01 Å². The van der Waals surface area contributed by atoms with E-state index in [1.807, 2.05) is 44.2 Å². The van der Waals surface area contributed by atoms with E-state index < -0.39 is 36.0 Å². The lowest BCUT2D eigenvalue weighted by Crippen LogP contribution is -2.51. The molecule has 3 rings (SSSR count). The van der Waals surface area contributed by atoms with Gasteiger partial charge in [-0.2, -0.15) is 5.01 Å². The highest BCUT2D eigenvalue weighted by Gasteiger charge is 2.26. The number of primary amides is 1. The maximum absolute atomic E-state index is 13.0. The van der Waals surface area contributed by atoms with Crippen LogP contribution in [-0.4, -0.2) is 59.2 Å². The first-order chi connectivity index (χ1) is 20.0. The number of nitrogens with one attached hydrogen (secondary N) is 4. The van der Waals surface area contributed by atoms with Crippen LogP contribution in [0.25, 0.3) is 0 Å². The minimum Gasteiger partial charge on any atom is -0.443 e. The van der Waals surface area contributed by atoms with Gasteiger partial charge in [-0.3, -0.25) is 15.0 Å². The van der Waals surface area contributed by atoms with Crippen molar-refractivity contribution in [3.8, 4) is 0 Å². The fourth-order valence-corrected chi connectivity index (χ4v) is 3.75. The van der Waals surface area contributed by atoms with Gasteiger partial charge >= 0.3 is 12.1 Å². The number of nitrogens with zero attached hydrogens (tertiary/aromatic N) is 3. The number of hydrazine groups is 1. The molecule has 2 aromatic carbocycles. The van der Waals surface area contributed by atoms with Crippen molar-refractivity contribution in [3.63, 3.8) is 0 Å². The SMILES string of the molecule is CC1=NN=C(c2ccccc2)NN1C(=O)OCc1ccc(NC(=O)C(CCCNC(N)=O)NC(=O)C(N)C(C)C)cc1. The summed E-state index contributed by atoms with van der Waals surface area (Å²) < 4.78 is 5.44. The maximum atomic E-state index is 13.0. The van der Waals surface area contributed by atoms with Gasteiger partial charge in [0.2, 0.25) is 11.8 Å². The van der Waals surface area contributed by atoms with Gasteiger partial charge in [0, 0.05) is 17.8 Å². The average molecular weight is 580 g/mol. The molecule has 0 radical (unpaired) electrons. The van der Waals surface area contributed by atoms with Crippen molar-refractivity contribution in [2.45, 2.75) is 52.3 Å². The molecule has 1 aliphatic heterocycles. The normalized spacial score (nSPS) is 14.1. The first-order valence-corrected chi connectivity index (χ1v) is 13.5. The Morgan fingerprint density at radius 2 is 1.69 bits per heavy atom. The van der Waals surface area contributed by atoms with Gasteiger partial charge in [0.15, 0.2) is 11.7 Å². The summed E-state index contributed by atoms with van der Waals surface area (Å²) in [6, 6.07) is 13.6. The summed E-state index contributed by atoms with van der Waals surface area (Å²) in [6.07, 6.45) is -0.0150. The minimum absolute atomic E-state index is 0.0328. The quantitative estimate of drug-likeness (QED) is 0.205. The number of anilines is 1. The molecule has 224 valence electrons. The van der Waals surface area contributed by atoms with E-state index in [0.717, 1.165) is 5.56 Å². The lowest BCUT2D eigenvalue weighted by Gasteiger charge is -2.25. The van der Waals surface area contributed by atoms with Crippen LogP contribution in [0.4, 0.5) is 15.3 Å². The molecule has 2 unspecified atom stereocenters. The van der Waals surface area contributed by atoms with E-state index in [2.05, 4.69) is 31.6 Å². The summed E-state index contributed by atoms with van der Waals surface area (Å²) in [4.78, 5) is 49.2. The van der Waals surface area contributed by atoms with Gasteiger partial charge in [0.1, 0.15) is 12.6 Å². The monoisotopic (exact) mass is 579 g/mol. The van der Waals surface area contributed by atoms with Crippen molar-refractivity contribution >= 4 is 41.3 Å². The maximum Gasteiger partial charge on any atom is 0.435 e. The Kier molecular flexibility index (Phi) is 11.4. The molecule has 0 bridgehead atoms. The number of urea groups is 1. The topological polar surface area (TPSA) is 206 Å². The number of hydrogen-bond acceptors (Lipinski definition) is 9. The van der Waals surface area contributed by atoms with Gasteiger partial charge in [-0.25, -0.2) is 9.59 Å². The number of nitrogens with two attached hydrogens (primary N) is 2. The Bertz CT molecular complexity index is 1310. The predicted molar refractivity (Wildman–Crippen MR) is 158 cm³/mol. The summed E-state index contributed by atoms with van der Waals surface area (Å²) in [5.74, 6) is -0.287. The zero-order valence-corrected chi connectivity index (χ0v) is 23.8. The third-order valence-corrected chi connectivity index (χ3v) is 6.27. The average Bonchev–Trinajstić information content (AvgIpc) is 2.98.